The second-order valence-electron chi connectivity index (χ2n) is 4.93. The van der Waals surface area contributed by atoms with Gasteiger partial charge >= 0.3 is 5.97 Å². The molecule has 0 aliphatic carbocycles. The third-order valence-corrected chi connectivity index (χ3v) is 3.02. The van der Waals surface area contributed by atoms with Crippen molar-refractivity contribution in [1.29, 1.82) is 0 Å². The molecule has 0 aliphatic rings. The van der Waals surface area contributed by atoms with Crippen LogP contribution in [0.2, 0.25) is 0 Å². The largest absolute Gasteiger partial charge is 0.508 e. The topological polar surface area (TPSA) is 72.8 Å². The van der Waals surface area contributed by atoms with Gasteiger partial charge in [-0.1, -0.05) is 18.2 Å². The van der Waals surface area contributed by atoms with E-state index in [2.05, 4.69) is 4.89 Å². The maximum atomic E-state index is 12.1. The molecule has 118 valence electrons. The molecule has 0 bridgehead atoms. The summed E-state index contributed by atoms with van der Waals surface area (Å²) in [4.78, 5) is 32.1. The molecular weight excluding hydrogens is 296 g/mol. The van der Waals surface area contributed by atoms with E-state index in [-0.39, 0.29) is 11.5 Å². The Morgan fingerprint density at radius 2 is 1.91 bits per heavy atom. The molecule has 1 N–H and O–H groups in total. The molecule has 2 aromatic rings. The summed E-state index contributed by atoms with van der Waals surface area (Å²) in [7, 11) is 0. The van der Waals surface area contributed by atoms with E-state index >= 15 is 0 Å². The number of phenolic OH excluding ortho intramolecular Hbond substituents is 1. The van der Waals surface area contributed by atoms with Gasteiger partial charge in [0.25, 0.3) is 0 Å². The molecule has 23 heavy (non-hydrogen) atoms. The summed E-state index contributed by atoms with van der Waals surface area (Å²) in [6, 6.07) is 11.4. The van der Waals surface area contributed by atoms with Crippen molar-refractivity contribution in [2.75, 3.05) is 0 Å². The highest BCUT2D eigenvalue weighted by Gasteiger charge is 2.05. The Morgan fingerprint density at radius 1 is 1.13 bits per heavy atom. The Labute approximate surface area is 133 Å². The summed E-state index contributed by atoms with van der Waals surface area (Å²) in [6.07, 6.45) is 3.06. The van der Waals surface area contributed by atoms with Crippen molar-refractivity contribution in [3.8, 4) is 11.5 Å². The average molecular weight is 312 g/mol. The highest BCUT2D eigenvalue weighted by Crippen LogP contribution is 2.18. The Hall–Kier alpha value is -3.08. The van der Waals surface area contributed by atoms with E-state index in [4.69, 9.17) is 4.89 Å². The molecule has 0 aromatic heterocycles. The minimum Gasteiger partial charge on any atom is -0.508 e. The molecule has 0 atom stereocenters. The van der Waals surface area contributed by atoms with Gasteiger partial charge in [-0.15, -0.1) is 0 Å². The maximum absolute atomic E-state index is 12.1. The van der Waals surface area contributed by atoms with E-state index in [1.807, 2.05) is 0 Å². The summed E-state index contributed by atoms with van der Waals surface area (Å²) in [5.41, 5.74) is 1.85. The number of allylic oxidation sites excluding steroid dienone is 1. The van der Waals surface area contributed by atoms with Crippen LogP contribution in [-0.2, 0) is 9.68 Å². The molecule has 2 aromatic carbocycles. The SMILES string of the molecule is CC(=O)OOc1cccc(/C=C/C(=O)c2ccc(O)c(C)c2)c1. The van der Waals surface area contributed by atoms with Gasteiger partial charge in [-0.05, 0) is 54.5 Å². The van der Waals surface area contributed by atoms with Crippen molar-refractivity contribution in [2.24, 2.45) is 0 Å². The van der Waals surface area contributed by atoms with Gasteiger partial charge in [0.15, 0.2) is 11.5 Å². The van der Waals surface area contributed by atoms with Gasteiger partial charge in [-0.3, -0.25) is 14.6 Å². The number of carbonyl (C=O) groups is 2. The maximum Gasteiger partial charge on any atom is 0.352 e. The van der Waals surface area contributed by atoms with Crippen molar-refractivity contribution in [3.05, 3.63) is 65.2 Å². The summed E-state index contributed by atoms with van der Waals surface area (Å²) in [6.45, 7) is 2.97. The second kappa shape index (κ2) is 7.26. The number of benzene rings is 2. The standard InChI is InChI=1S/C18H16O5/c1-12-10-15(7-9-17(12)20)18(21)8-6-14-4-3-5-16(11-14)23-22-13(2)19/h3-11,20H,1-2H3/b8-6+. The third-order valence-electron chi connectivity index (χ3n) is 3.02. The Kier molecular flexibility index (Phi) is 5.15. The number of carbonyl (C=O) groups excluding carboxylic acids is 2. The summed E-state index contributed by atoms with van der Waals surface area (Å²) in [5.74, 6) is -0.223. The quantitative estimate of drug-likeness (QED) is 0.396. The zero-order chi connectivity index (χ0) is 16.8. The molecule has 0 saturated carbocycles. The predicted octanol–water partition coefficient (Wildman–Crippen LogP) is 3.45. The number of aromatic hydroxyl groups is 1. The van der Waals surface area contributed by atoms with Crippen molar-refractivity contribution < 1.29 is 24.5 Å². The lowest BCUT2D eigenvalue weighted by atomic mass is 10.1. The van der Waals surface area contributed by atoms with Gasteiger partial charge < -0.3 is 5.11 Å². The lowest BCUT2D eigenvalue weighted by Gasteiger charge is -2.03. The number of aryl methyl sites for hydroxylation is 1. The van der Waals surface area contributed by atoms with Crippen molar-refractivity contribution in [2.45, 2.75) is 13.8 Å². The number of ketones is 1. The predicted molar refractivity (Wildman–Crippen MR) is 85.0 cm³/mol. The van der Waals surface area contributed by atoms with Crippen LogP contribution in [0.15, 0.2) is 48.5 Å². The van der Waals surface area contributed by atoms with Crippen LogP contribution in [0.5, 0.6) is 11.5 Å². The van der Waals surface area contributed by atoms with Gasteiger partial charge in [0.1, 0.15) is 5.75 Å². The van der Waals surface area contributed by atoms with Crippen molar-refractivity contribution in [3.63, 3.8) is 0 Å². The van der Waals surface area contributed by atoms with Crippen LogP contribution in [0.1, 0.15) is 28.4 Å². The Balaban J connectivity index is 2.09. The van der Waals surface area contributed by atoms with E-state index < -0.39 is 5.97 Å². The van der Waals surface area contributed by atoms with Gasteiger partial charge in [-0.25, -0.2) is 4.79 Å². The Morgan fingerprint density at radius 3 is 2.61 bits per heavy atom. The summed E-state index contributed by atoms with van der Waals surface area (Å²) < 4.78 is 0. The molecule has 0 saturated heterocycles. The second-order valence-corrected chi connectivity index (χ2v) is 4.93. The van der Waals surface area contributed by atoms with Gasteiger partial charge in [0.05, 0.1) is 0 Å². The fourth-order valence-corrected chi connectivity index (χ4v) is 1.85. The highest BCUT2D eigenvalue weighted by molar-refractivity contribution is 6.07. The Bertz CT molecular complexity index is 762. The average Bonchev–Trinajstić information content (AvgIpc) is 2.53. The molecular formula is C18H16O5. The lowest BCUT2D eigenvalue weighted by molar-refractivity contribution is -0.210. The van der Waals surface area contributed by atoms with Crippen LogP contribution in [0.3, 0.4) is 0 Å². The fourth-order valence-electron chi connectivity index (χ4n) is 1.85. The zero-order valence-electron chi connectivity index (χ0n) is 12.8. The first-order chi connectivity index (χ1) is 11.0. The van der Waals surface area contributed by atoms with Gasteiger partial charge in [-0.2, -0.15) is 0 Å². The molecule has 0 radical (unpaired) electrons. The smallest absolute Gasteiger partial charge is 0.352 e. The van der Waals surface area contributed by atoms with Gasteiger partial charge in [0, 0.05) is 12.5 Å². The highest BCUT2D eigenvalue weighted by atomic mass is 17.2. The first-order valence-electron chi connectivity index (χ1n) is 6.93. The first kappa shape index (κ1) is 16.3. The third kappa shape index (κ3) is 4.71. The van der Waals surface area contributed by atoms with Gasteiger partial charge in [0.2, 0.25) is 0 Å². The molecule has 0 aliphatic heterocycles. The van der Waals surface area contributed by atoms with E-state index in [9.17, 15) is 14.7 Å². The first-order valence-corrected chi connectivity index (χ1v) is 6.93. The van der Waals surface area contributed by atoms with Crippen LogP contribution in [0, 0.1) is 6.92 Å². The van der Waals surface area contributed by atoms with E-state index in [0.717, 1.165) is 5.56 Å². The molecule has 5 heteroatoms. The van der Waals surface area contributed by atoms with Crippen molar-refractivity contribution in [1.82, 2.24) is 0 Å². The van der Waals surface area contributed by atoms with Crippen LogP contribution < -0.4 is 4.89 Å². The fraction of sp³-hybridized carbons (Fsp3) is 0.111. The number of rotatable bonds is 5. The van der Waals surface area contributed by atoms with Crippen LogP contribution in [-0.4, -0.2) is 16.9 Å². The molecule has 0 fully saturated rings. The van der Waals surface area contributed by atoms with E-state index in [0.29, 0.717) is 16.9 Å². The van der Waals surface area contributed by atoms with E-state index in [1.54, 1.807) is 49.4 Å². The van der Waals surface area contributed by atoms with Crippen molar-refractivity contribution >= 4 is 17.8 Å². The van der Waals surface area contributed by atoms with Crippen LogP contribution in [0.25, 0.3) is 6.08 Å². The molecule has 0 unspecified atom stereocenters. The zero-order valence-corrected chi connectivity index (χ0v) is 12.8. The van der Waals surface area contributed by atoms with Crippen LogP contribution in [0.4, 0.5) is 0 Å². The molecule has 5 nitrogen and oxygen atoms in total. The monoisotopic (exact) mass is 312 g/mol. The van der Waals surface area contributed by atoms with E-state index in [1.165, 1.54) is 19.1 Å². The van der Waals surface area contributed by atoms with Crippen LogP contribution >= 0.6 is 0 Å². The minimum absolute atomic E-state index is 0.154. The lowest BCUT2D eigenvalue weighted by Crippen LogP contribution is -2.02. The molecule has 0 heterocycles. The number of phenols is 1. The number of hydrogen-bond donors (Lipinski definition) is 1. The number of hydrogen-bond acceptors (Lipinski definition) is 5. The minimum atomic E-state index is -0.552. The normalized spacial score (nSPS) is 10.5. The summed E-state index contributed by atoms with van der Waals surface area (Å²) in [5, 5.41) is 9.47. The molecule has 0 spiro atoms. The molecule has 0 amide bonds. The molecule has 2 rings (SSSR count). The summed E-state index contributed by atoms with van der Waals surface area (Å²) >= 11 is 0.